The third-order valence-electron chi connectivity index (χ3n) is 1.68. The number of aryl methyl sites for hydroxylation is 2. The number of rotatable bonds is 3. The number of carbonyl (C=O) groups excluding carboxylic acids is 1. The van der Waals surface area contributed by atoms with Crippen molar-refractivity contribution in [2.75, 3.05) is 6.54 Å². The zero-order chi connectivity index (χ0) is 9.14. The van der Waals surface area contributed by atoms with E-state index in [1.165, 1.54) is 0 Å². The highest BCUT2D eigenvalue weighted by molar-refractivity contribution is 5.97. The minimum atomic E-state index is 0.00810. The summed E-state index contributed by atoms with van der Waals surface area (Å²) in [6, 6.07) is 0. The van der Waals surface area contributed by atoms with Gasteiger partial charge in [0.1, 0.15) is 5.76 Å². The number of hydrogen-bond acceptors (Lipinski definition) is 4. The summed E-state index contributed by atoms with van der Waals surface area (Å²) in [5.41, 5.74) is 6.49. The Bertz CT molecular complexity index is 272. The Morgan fingerprint density at radius 1 is 1.58 bits per heavy atom. The predicted octanol–water partition coefficient (Wildman–Crippen LogP) is 0.823. The Labute approximate surface area is 70.7 Å². The van der Waals surface area contributed by atoms with Gasteiger partial charge in [-0.2, -0.15) is 0 Å². The molecule has 1 rings (SSSR count). The van der Waals surface area contributed by atoms with Crippen LogP contribution in [0.15, 0.2) is 4.52 Å². The molecule has 0 spiro atoms. The topological polar surface area (TPSA) is 69.1 Å². The second-order valence-electron chi connectivity index (χ2n) is 2.66. The summed E-state index contributed by atoms with van der Waals surface area (Å²) in [5, 5.41) is 3.68. The number of hydrogen-bond donors (Lipinski definition) is 1. The smallest absolute Gasteiger partial charge is 0.169 e. The van der Waals surface area contributed by atoms with Crippen molar-refractivity contribution in [3.63, 3.8) is 0 Å². The number of nitrogens with zero attached hydrogens (tertiary/aromatic N) is 1. The van der Waals surface area contributed by atoms with Gasteiger partial charge in [0.05, 0.1) is 11.3 Å². The third kappa shape index (κ3) is 1.53. The van der Waals surface area contributed by atoms with Gasteiger partial charge in [-0.05, 0) is 20.4 Å². The monoisotopic (exact) mass is 168 g/mol. The molecule has 1 heterocycles. The van der Waals surface area contributed by atoms with E-state index in [0.717, 1.165) is 0 Å². The molecule has 66 valence electrons. The van der Waals surface area contributed by atoms with E-state index in [1.807, 2.05) is 0 Å². The van der Waals surface area contributed by atoms with Crippen LogP contribution in [0.3, 0.4) is 0 Å². The fourth-order valence-corrected chi connectivity index (χ4v) is 1.14. The minimum Gasteiger partial charge on any atom is -0.361 e. The molecule has 0 bridgehead atoms. The first-order chi connectivity index (χ1) is 5.66. The van der Waals surface area contributed by atoms with Crippen molar-refractivity contribution in [1.82, 2.24) is 5.16 Å². The van der Waals surface area contributed by atoms with Gasteiger partial charge >= 0.3 is 0 Å². The molecule has 0 aliphatic carbocycles. The summed E-state index contributed by atoms with van der Waals surface area (Å²) in [6.45, 7) is 3.84. The second kappa shape index (κ2) is 3.49. The van der Waals surface area contributed by atoms with Crippen LogP contribution in [0.25, 0.3) is 0 Å². The Kier molecular flexibility index (Phi) is 2.60. The lowest BCUT2D eigenvalue weighted by molar-refractivity contribution is 0.0983. The Balaban J connectivity index is 2.93. The Morgan fingerprint density at radius 3 is 2.67 bits per heavy atom. The summed E-state index contributed by atoms with van der Waals surface area (Å²) in [5.74, 6) is 0.583. The summed E-state index contributed by atoms with van der Waals surface area (Å²) >= 11 is 0. The van der Waals surface area contributed by atoms with Gasteiger partial charge in [0.2, 0.25) is 0 Å². The van der Waals surface area contributed by atoms with Crippen LogP contribution < -0.4 is 5.73 Å². The molecule has 0 aliphatic rings. The molecule has 12 heavy (non-hydrogen) atoms. The number of ketones is 1. The third-order valence-corrected chi connectivity index (χ3v) is 1.68. The van der Waals surface area contributed by atoms with Crippen LogP contribution in [0.2, 0.25) is 0 Å². The molecule has 4 nitrogen and oxygen atoms in total. The summed E-state index contributed by atoms with van der Waals surface area (Å²) in [7, 11) is 0. The highest BCUT2D eigenvalue weighted by atomic mass is 16.5. The van der Waals surface area contributed by atoms with E-state index >= 15 is 0 Å². The molecule has 2 N–H and O–H groups in total. The van der Waals surface area contributed by atoms with Gasteiger partial charge in [-0.1, -0.05) is 5.16 Å². The van der Waals surface area contributed by atoms with Crippen LogP contribution >= 0.6 is 0 Å². The SMILES string of the molecule is Cc1noc(C)c1C(=O)CCN. The summed E-state index contributed by atoms with van der Waals surface area (Å²) in [4.78, 5) is 11.4. The van der Waals surface area contributed by atoms with Crippen molar-refractivity contribution in [1.29, 1.82) is 0 Å². The van der Waals surface area contributed by atoms with Gasteiger partial charge in [0.15, 0.2) is 5.78 Å². The normalized spacial score (nSPS) is 10.2. The van der Waals surface area contributed by atoms with Gasteiger partial charge in [-0.25, -0.2) is 0 Å². The van der Waals surface area contributed by atoms with Crippen LogP contribution in [-0.4, -0.2) is 17.5 Å². The number of Topliss-reactive ketones (excluding diaryl/α,β-unsaturated/α-hetero) is 1. The first-order valence-electron chi connectivity index (χ1n) is 3.83. The van der Waals surface area contributed by atoms with Crippen molar-refractivity contribution in [3.8, 4) is 0 Å². The molecular weight excluding hydrogens is 156 g/mol. The fraction of sp³-hybridized carbons (Fsp3) is 0.500. The maximum atomic E-state index is 11.4. The quantitative estimate of drug-likeness (QED) is 0.678. The lowest BCUT2D eigenvalue weighted by atomic mass is 10.1. The van der Waals surface area contributed by atoms with E-state index < -0.39 is 0 Å². The Morgan fingerprint density at radius 2 is 2.25 bits per heavy atom. The molecule has 1 aromatic rings. The molecule has 0 radical (unpaired) electrons. The van der Waals surface area contributed by atoms with E-state index in [4.69, 9.17) is 10.3 Å². The zero-order valence-corrected chi connectivity index (χ0v) is 7.26. The average Bonchev–Trinajstić information content (AvgIpc) is 2.32. The molecule has 1 aromatic heterocycles. The molecule has 4 heteroatoms. The van der Waals surface area contributed by atoms with E-state index in [2.05, 4.69) is 5.16 Å². The van der Waals surface area contributed by atoms with Crippen molar-refractivity contribution in [2.45, 2.75) is 20.3 Å². The minimum absolute atomic E-state index is 0.00810. The van der Waals surface area contributed by atoms with E-state index in [0.29, 0.717) is 30.0 Å². The van der Waals surface area contributed by atoms with Gasteiger partial charge in [-0.3, -0.25) is 4.79 Å². The van der Waals surface area contributed by atoms with Gasteiger partial charge in [-0.15, -0.1) is 0 Å². The number of aromatic nitrogens is 1. The van der Waals surface area contributed by atoms with E-state index in [-0.39, 0.29) is 5.78 Å². The zero-order valence-electron chi connectivity index (χ0n) is 7.26. The largest absolute Gasteiger partial charge is 0.361 e. The van der Waals surface area contributed by atoms with Gasteiger partial charge < -0.3 is 10.3 Å². The Hall–Kier alpha value is -1.16. The first kappa shape index (κ1) is 8.93. The van der Waals surface area contributed by atoms with Gasteiger partial charge in [0.25, 0.3) is 0 Å². The molecule has 0 amide bonds. The molecule has 0 aromatic carbocycles. The second-order valence-corrected chi connectivity index (χ2v) is 2.66. The van der Waals surface area contributed by atoms with Crippen LogP contribution in [-0.2, 0) is 0 Å². The highest BCUT2D eigenvalue weighted by Crippen LogP contribution is 2.13. The van der Waals surface area contributed by atoms with Crippen molar-refractivity contribution in [3.05, 3.63) is 17.0 Å². The standard InChI is InChI=1S/C8H12N2O2/c1-5-8(6(2)12-10-5)7(11)3-4-9/h3-4,9H2,1-2H3. The molecular formula is C8H12N2O2. The number of nitrogens with two attached hydrogens (primary N) is 1. The van der Waals surface area contributed by atoms with Crippen molar-refractivity contribution >= 4 is 5.78 Å². The molecule has 0 saturated heterocycles. The fourth-order valence-electron chi connectivity index (χ4n) is 1.14. The van der Waals surface area contributed by atoms with E-state index in [9.17, 15) is 4.79 Å². The molecule has 0 atom stereocenters. The van der Waals surface area contributed by atoms with Crippen LogP contribution in [0.4, 0.5) is 0 Å². The molecule has 0 saturated carbocycles. The molecule has 0 unspecified atom stereocenters. The summed E-state index contributed by atoms with van der Waals surface area (Å²) < 4.78 is 4.85. The van der Waals surface area contributed by atoms with Crippen molar-refractivity contribution < 1.29 is 9.32 Å². The number of carbonyl (C=O) groups is 1. The van der Waals surface area contributed by atoms with E-state index in [1.54, 1.807) is 13.8 Å². The lowest BCUT2D eigenvalue weighted by Crippen LogP contribution is -2.09. The van der Waals surface area contributed by atoms with Crippen LogP contribution in [0.5, 0.6) is 0 Å². The van der Waals surface area contributed by atoms with Gasteiger partial charge in [0, 0.05) is 6.42 Å². The predicted molar refractivity (Wildman–Crippen MR) is 44.0 cm³/mol. The lowest BCUT2D eigenvalue weighted by Gasteiger charge is -1.95. The summed E-state index contributed by atoms with van der Waals surface area (Å²) in [6.07, 6.45) is 0.350. The van der Waals surface area contributed by atoms with Crippen molar-refractivity contribution in [2.24, 2.45) is 5.73 Å². The first-order valence-corrected chi connectivity index (χ1v) is 3.83. The average molecular weight is 168 g/mol. The molecule has 0 fully saturated rings. The van der Waals surface area contributed by atoms with Crippen LogP contribution in [0, 0.1) is 13.8 Å². The highest BCUT2D eigenvalue weighted by Gasteiger charge is 2.15. The van der Waals surface area contributed by atoms with Crippen LogP contribution in [0.1, 0.15) is 28.2 Å². The molecule has 0 aliphatic heterocycles. The maximum absolute atomic E-state index is 11.4. The maximum Gasteiger partial charge on any atom is 0.169 e.